The summed E-state index contributed by atoms with van der Waals surface area (Å²) < 4.78 is 6.55. The molecule has 2 aromatic carbocycles. The van der Waals surface area contributed by atoms with Crippen molar-refractivity contribution in [1.82, 2.24) is 4.57 Å². The Balaban J connectivity index is 1.71. The van der Waals surface area contributed by atoms with Crippen molar-refractivity contribution in [2.45, 2.75) is 32.6 Å². The second-order valence-electron chi connectivity index (χ2n) is 8.27. The van der Waals surface area contributed by atoms with Gasteiger partial charge in [-0.05, 0) is 62.4 Å². The third-order valence-electron chi connectivity index (χ3n) is 6.11. The molecule has 0 unspecified atom stereocenters. The minimum absolute atomic E-state index is 0.251. The minimum Gasteiger partial charge on any atom is -0.494 e. The number of ether oxygens (including phenoxy) is 1. The van der Waals surface area contributed by atoms with Crippen molar-refractivity contribution >= 4 is 50.9 Å². The average Bonchev–Trinajstić information content (AvgIpc) is 3.23. The topological polar surface area (TPSA) is 80.9 Å². The lowest BCUT2D eigenvalue weighted by atomic mass is 9.95. The molecule has 0 spiro atoms. The Kier molecular flexibility index (Phi) is 6.45. The SMILES string of the molecule is CCOC(=O)c1c(/N=C/c2c(O)n(-c3cccc(Cl)c3)c(=O)c3ccccc23)sc2c1CCCC2. The number of fused-ring (bicyclic) bond motifs is 2. The van der Waals surface area contributed by atoms with Crippen molar-refractivity contribution in [3.05, 3.63) is 85.5 Å². The van der Waals surface area contributed by atoms with Gasteiger partial charge in [-0.2, -0.15) is 0 Å². The maximum absolute atomic E-state index is 13.3. The number of aromatic hydroxyl groups is 1. The van der Waals surface area contributed by atoms with Gasteiger partial charge in [0.05, 0.1) is 23.4 Å². The predicted molar refractivity (Wildman–Crippen MR) is 140 cm³/mol. The fraction of sp³-hybridized carbons (Fsp3) is 0.222. The molecule has 8 heteroatoms. The highest BCUT2D eigenvalue weighted by molar-refractivity contribution is 7.16. The van der Waals surface area contributed by atoms with Crippen LogP contribution in [-0.4, -0.2) is 28.5 Å². The third kappa shape index (κ3) is 4.26. The zero-order valence-corrected chi connectivity index (χ0v) is 20.7. The molecule has 0 bridgehead atoms. The lowest BCUT2D eigenvalue weighted by Gasteiger charge is -2.14. The Labute approximate surface area is 211 Å². The van der Waals surface area contributed by atoms with Crippen molar-refractivity contribution in [3.8, 4) is 11.6 Å². The van der Waals surface area contributed by atoms with Gasteiger partial charge in [0.15, 0.2) is 0 Å². The van der Waals surface area contributed by atoms with Crippen molar-refractivity contribution in [2.75, 3.05) is 6.61 Å². The van der Waals surface area contributed by atoms with Gasteiger partial charge in [0.1, 0.15) is 5.00 Å². The van der Waals surface area contributed by atoms with Crippen LogP contribution in [0.2, 0.25) is 5.02 Å². The van der Waals surface area contributed by atoms with Gasteiger partial charge in [0, 0.05) is 26.9 Å². The van der Waals surface area contributed by atoms with Crippen LogP contribution >= 0.6 is 22.9 Å². The number of rotatable bonds is 5. The van der Waals surface area contributed by atoms with E-state index in [-0.39, 0.29) is 24.0 Å². The molecule has 4 aromatic rings. The lowest BCUT2D eigenvalue weighted by molar-refractivity contribution is 0.0526. The molecule has 6 nitrogen and oxygen atoms in total. The van der Waals surface area contributed by atoms with Gasteiger partial charge in [-0.3, -0.25) is 4.79 Å². The summed E-state index contributed by atoms with van der Waals surface area (Å²) in [6.07, 6.45) is 5.36. The van der Waals surface area contributed by atoms with E-state index in [1.165, 1.54) is 22.1 Å². The monoisotopic (exact) mass is 506 g/mol. The standard InChI is InChI=1S/C27H23ClN2O4S/c1-2-34-27(33)23-20-12-5-6-13-22(20)35-24(23)29-15-21-18-10-3-4-11-19(18)25(31)30(26(21)32)17-9-7-8-16(28)14-17/h3-4,7-11,14-15,32H,2,5-6,12-13H2,1H3/b29-15+. The van der Waals surface area contributed by atoms with E-state index in [1.807, 2.05) is 0 Å². The van der Waals surface area contributed by atoms with Crippen molar-refractivity contribution in [2.24, 2.45) is 4.99 Å². The highest BCUT2D eigenvalue weighted by atomic mass is 35.5. The van der Waals surface area contributed by atoms with Crippen molar-refractivity contribution < 1.29 is 14.6 Å². The number of carbonyl (C=O) groups excluding carboxylic acids is 1. The predicted octanol–water partition coefficient (Wildman–Crippen LogP) is 6.22. The molecule has 0 atom stereocenters. The number of aromatic nitrogens is 1. The Morgan fingerprint density at radius 3 is 2.71 bits per heavy atom. The van der Waals surface area contributed by atoms with E-state index in [1.54, 1.807) is 55.5 Å². The molecular formula is C27H23ClN2O4S. The maximum Gasteiger partial charge on any atom is 0.341 e. The fourth-order valence-electron chi connectivity index (χ4n) is 4.52. The number of pyridine rings is 1. The second kappa shape index (κ2) is 9.68. The summed E-state index contributed by atoms with van der Waals surface area (Å²) in [5, 5.41) is 13.3. The Bertz CT molecular complexity index is 1540. The van der Waals surface area contributed by atoms with Crippen LogP contribution in [0.15, 0.2) is 58.3 Å². The normalized spacial score (nSPS) is 13.3. The molecule has 0 fully saturated rings. The molecule has 0 amide bonds. The molecule has 0 saturated carbocycles. The van der Waals surface area contributed by atoms with Gasteiger partial charge in [-0.15, -0.1) is 11.3 Å². The van der Waals surface area contributed by atoms with E-state index in [4.69, 9.17) is 16.3 Å². The van der Waals surface area contributed by atoms with Gasteiger partial charge in [-0.25, -0.2) is 14.4 Å². The van der Waals surface area contributed by atoms with E-state index in [0.29, 0.717) is 37.6 Å². The maximum atomic E-state index is 13.3. The molecular weight excluding hydrogens is 484 g/mol. The first-order chi connectivity index (χ1) is 17.0. The number of hydrogen-bond donors (Lipinski definition) is 1. The first kappa shape index (κ1) is 23.3. The van der Waals surface area contributed by atoms with Crippen LogP contribution in [0.1, 0.15) is 46.1 Å². The van der Waals surface area contributed by atoms with Crippen LogP contribution < -0.4 is 5.56 Å². The summed E-state index contributed by atoms with van der Waals surface area (Å²) in [5.74, 6) is -0.629. The summed E-state index contributed by atoms with van der Waals surface area (Å²) in [6, 6.07) is 13.8. The third-order valence-corrected chi connectivity index (χ3v) is 7.55. The van der Waals surface area contributed by atoms with Crippen LogP contribution in [0.3, 0.4) is 0 Å². The van der Waals surface area contributed by atoms with Gasteiger partial charge < -0.3 is 9.84 Å². The van der Waals surface area contributed by atoms with Crippen LogP contribution in [0.4, 0.5) is 5.00 Å². The van der Waals surface area contributed by atoms with Gasteiger partial charge in [0.2, 0.25) is 5.88 Å². The molecule has 1 aliphatic rings. The lowest BCUT2D eigenvalue weighted by Crippen LogP contribution is -2.20. The van der Waals surface area contributed by atoms with Crippen LogP contribution in [0.5, 0.6) is 5.88 Å². The Morgan fingerprint density at radius 2 is 1.94 bits per heavy atom. The number of esters is 1. The molecule has 1 aliphatic carbocycles. The van der Waals surface area contributed by atoms with Crippen molar-refractivity contribution in [1.29, 1.82) is 0 Å². The molecule has 0 aliphatic heterocycles. The van der Waals surface area contributed by atoms with Gasteiger partial charge in [-0.1, -0.05) is 35.9 Å². The summed E-state index contributed by atoms with van der Waals surface area (Å²) in [5.41, 5.74) is 1.98. The number of benzene rings is 2. The van der Waals surface area contributed by atoms with E-state index >= 15 is 0 Å². The zero-order chi connectivity index (χ0) is 24.5. The molecule has 178 valence electrons. The number of nitrogens with zero attached hydrogens (tertiary/aromatic N) is 2. The van der Waals surface area contributed by atoms with E-state index in [9.17, 15) is 14.7 Å². The molecule has 0 saturated heterocycles. The van der Waals surface area contributed by atoms with Crippen molar-refractivity contribution in [3.63, 3.8) is 0 Å². The molecule has 5 rings (SSSR count). The number of aryl methyl sites for hydroxylation is 1. The highest BCUT2D eigenvalue weighted by Crippen LogP contribution is 2.40. The number of thiophene rings is 1. The first-order valence-corrected chi connectivity index (χ1v) is 12.7. The second-order valence-corrected chi connectivity index (χ2v) is 9.79. The summed E-state index contributed by atoms with van der Waals surface area (Å²) in [7, 11) is 0. The Hall–Kier alpha value is -3.42. The van der Waals surface area contributed by atoms with E-state index < -0.39 is 0 Å². The molecule has 2 heterocycles. The average molecular weight is 507 g/mol. The summed E-state index contributed by atoms with van der Waals surface area (Å²) in [6.45, 7) is 2.06. The first-order valence-electron chi connectivity index (χ1n) is 11.5. The molecule has 1 N–H and O–H groups in total. The molecule has 0 radical (unpaired) electrons. The van der Waals surface area contributed by atoms with Gasteiger partial charge in [0.25, 0.3) is 5.56 Å². The quantitative estimate of drug-likeness (QED) is 0.257. The van der Waals surface area contributed by atoms with Crippen LogP contribution in [-0.2, 0) is 17.6 Å². The fourth-order valence-corrected chi connectivity index (χ4v) is 5.93. The Morgan fingerprint density at radius 1 is 1.17 bits per heavy atom. The minimum atomic E-state index is -0.378. The van der Waals surface area contributed by atoms with Crippen LogP contribution in [0, 0.1) is 0 Å². The number of aliphatic imine (C=N–C) groups is 1. The highest BCUT2D eigenvalue weighted by Gasteiger charge is 2.26. The van der Waals surface area contributed by atoms with E-state index in [0.717, 1.165) is 36.1 Å². The molecule has 35 heavy (non-hydrogen) atoms. The smallest absolute Gasteiger partial charge is 0.341 e. The summed E-state index contributed by atoms with van der Waals surface area (Å²) >= 11 is 7.64. The molecule has 2 aromatic heterocycles. The number of hydrogen-bond acceptors (Lipinski definition) is 6. The largest absolute Gasteiger partial charge is 0.494 e. The number of halogens is 1. The van der Waals surface area contributed by atoms with Gasteiger partial charge >= 0.3 is 5.97 Å². The van der Waals surface area contributed by atoms with E-state index in [2.05, 4.69) is 4.99 Å². The van der Waals surface area contributed by atoms with Crippen LogP contribution in [0.25, 0.3) is 16.5 Å². The summed E-state index contributed by atoms with van der Waals surface area (Å²) in [4.78, 5) is 31.9. The zero-order valence-electron chi connectivity index (χ0n) is 19.1. The number of carbonyl (C=O) groups is 1.